The predicted molar refractivity (Wildman–Crippen MR) is 120 cm³/mol. The van der Waals surface area contributed by atoms with Gasteiger partial charge in [-0.3, -0.25) is 4.79 Å². The Hall–Kier alpha value is -2.57. The first-order valence-corrected chi connectivity index (χ1v) is 10.8. The molecule has 1 fully saturated rings. The van der Waals surface area contributed by atoms with E-state index in [4.69, 9.17) is 11.6 Å². The first-order valence-electron chi connectivity index (χ1n) is 10.4. The molecule has 2 aromatic rings. The molecular formula is C23H27ClN4O2. The number of carbonyl (C=O) groups is 2. The lowest BCUT2D eigenvalue weighted by atomic mass is 10.0. The van der Waals surface area contributed by atoms with Crippen LogP contribution >= 0.6 is 11.6 Å². The Balaban J connectivity index is 1.41. The summed E-state index contributed by atoms with van der Waals surface area (Å²) >= 11 is 5.90. The number of halogens is 1. The van der Waals surface area contributed by atoms with Crippen molar-refractivity contribution in [2.45, 2.75) is 31.7 Å². The highest BCUT2D eigenvalue weighted by Crippen LogP contribution is 2.24. The fourth-order valence-corrected chi connectivity index (χ4v) is 4.28. The summed E-state index contributed by atoms with van der Waals surface area (Å²) in [6.07, 6.45) is 3.48. The third-order valence-electron chi connectivity index (χ3n) is 5.91. The summed E-state index contributed by atoms with van der Waals surface area (Å²) < 4.78 is 0. The predicted octanol–water partition coefficient (Wildman–Crippen LogP) is 4.01. The molecule has 1 saturated heterocycles. The third-order valence-corrected chi connectivity index (χ3v) is 6.16. The Kier molecular flexibility index (Phi) is 6.25. The minimum atomic E-state index is -0.470. The zero-order chi connectivity index (χ0) is 21.1. The third kappa shape index (κ3) is 4.77. The van der Waals surface area contributed by atoms with E-state index in [9.17, 15) is 9.59 Å². The molecule has 0 aromatic heterocycles. The molecule has 2 heterocycles. The Morgan fingerprint density at radius 3 is 2.40 bits per heavy atom. The number of fused-ring (bicyclic) bond motifs is 1. The number of nitrogens with zero attached hydrogens (tertiary/aromatic N) is 2. The molecule has 7 heteroatoms. The van der Waals surface area contributed by atoms with E-state index < -0.39 is 6.04 Å². The van der Waals surface area contributed by atoms with E-state index in [0.29, 0.717) is 23.7 Å². The SMILES string of the molecule is CN1CCc2ccc(NC(=O)[C@H]3CCCN3C(=O)Nc3ccc(Cl)cc3)cc2CC1. The Morgan fingerprint density at radius 2 is 1.63 bits per heavy atom. The lowest BCUT2D eigenvalue weighted by Gasteiger charge is -2.24. The summed E-state index contributed by atoms with van der Waals surface area (Å²) in [5.74, 6) is -0.135. The Morgan fingerprint density at radius 1 is 0.933 bits per heavy atom. The van der Waals surface area contributed by atoms with Gasteiger partial charge in [0.2, 0.25) is 5.91 Å². The zero-order valence-corrected chi connectivity index (χ0v) is 17.9. The van der Waals surface area contributed by atoms with Crippen molar-refractivity contribution in [1.29, 1.82) is 0 Å². The van der Waals surface area contributed by atoms with Crippen molar-refractivity contribution in [3.05, 3.63) is 58.6 Å². The summed E-state index contributed by atoms with van der Waals surface area (Å²) in [6, 6.07) is 12.4. The van der Waals surface area contributed by atoms with Crippen LogP contribution in [0.3, 0.4) is 0 Å². The maximum Gasteiger partial charge on any atom is 0.322 e. The van der Waals surface area contributed by atoms with Crippen LogP contribution in [0, 0.1) is 0 Å². The second-order valence-electron chi connectivity index (χ2n) is 8.06. The number of rotatable bonds is 3. The monoisotopic (exact) mass is 426 g/mol. The number of likely N-dealkylation sites (N-methyl/N-ethyl adjacent to an activating group) is 1. The molecule has 2 aliphatic heterocycles. The minimum Gasteiger partial charge on any atom is -0.324 e. The van der Waals surface area contributed by atoms with Gasteiger partial charge in [-0.2, -0.15) is 0 Å². The van der Waals surface area contributed by atoms with Crippen molar-refractivity contribution in [1.82, 2.24) is 9.80 Å². The fraction of sp³-hybridized carbons (Fsp3) is 0.391. The molecule has 6 nitrogen and oxygen atoms in total. The van der Waals surface area contributed by atoms with Crippen LogP contribution in [0.1, 0.15) is 24.0 Å². The van der Waals surface area contributed by atoms with Crippen molar-refractivity contribution in [3.8, 4) is 0 Å². The minimum absolute atomic E-state index is 0.135. The molecule has 0 unspecified atom stereocenters. The number of anilines is 2. The van der Waals surface area contributed by atoms with Crippen LogP contribution in [0.15, 0.2) is 42.5 Å². The van der Waals surface area contributed by atoms with Gasteiger partial charge in [-0.05, 0) is 80.3 Å². The average molecular weight is 427 g/mol. The summed E-state index contributed by atoms with van der Waals surface area (Å²) in [6.45, 7) is 2.64. The van der Waals surface area contributed by atoms with Gasteiger partial charge in [-0.25, -0.2) is 4.79 Å². The van der Waals surface area contributed by atoms with Crippen LogP contribution in [0.4, 0.5) is 16.2 Å². The maximum absolute atomic E-state index is 13.0. The molecule has 30 heavy (non-hydrogen) atoms. The molecule has 1 atom stereocenters. The smallest absolute Gasteiger partial charge is 0.322 e. The molecule has 0 bridgehead atoms. The number of amides is 3. The largest absolute Gasteiger partial charge is 0.324 e. The van der Waals surface area contributed by atoms with Crippen molar-refractivity contribution in [2.75, 3.05) is 37.3 Å². The van der Waals surface area contributed by atoms with Crippen LogP contribution in [-0.2, 0) is 17.6 Å². The van der Waals surface area contributed by atoms with Crippen molar-refractivity contribution >= 4 is 34.9 Å². The van der Waals surface area contributed by atoms with E-state index in [0.717, 1.165) is 38.0 Å². The molecule has 0 saturated carbocycles. The highest BCUT2D eigenvalue weighted by atomic mass is 35.5. The topological polar surface area (TPSA) is 64.7 Å². The number of hydrogen-bond donors (Lipinski definition) is 2. The van der Waals surface area contributed by atoms with Gasteiger partial charge >= 0.3 is 6.03 Å². The molecule has 0 radical (unpaired) electrons. The van der Waals surface area contributed by atoms with Gasteiger partial charge in [0.15, 0.2) is 0 Å². The highest BCUT2D eigenvalue weighted by molar-refractivity contribution is 6.30. The molecule has 2 aromatic carbocycles. The van der Waals surface area contributed by atoms with Crippen LogP contribution in [-0.4, -0.2) is 54.5 Å². The Bertz CT molecular complexity index is 931. The van der Waals surface area contributed by atoms with E-state index in [1.807, 2.05) is 6.07 Å². The fourth-order valence-electron chi connectivity index (χ4n) is 4.15. The highest BCUT2D eigenvalue weighted by Gasteiger charge is 2.34. The number of nitrogens with one attached hydrogen (secondary N) is 2. The summed E-state index contributed by atoms with van der Waals surface area (Å²) in [4.78, 5) is 29.6. The number of urea groups is 1. The number of likely N-dealkylation sites (tertiary alicyclic amines) is 1. The van der Waals surface area contributed by atoms with Gasteiger partial charge in [-0.15, -0.1) is 0 Å². The van der Waals surface area contributed by atoms with Gasteiger partial charge in [0, 0.05) is 36.0 Å². The van der Waals surface area contributed by atoms with Gasteiger partial charge < -0.3 is 20.4 Å². The van der Waals surface area contributed by atoms with Crippen LogP contribution in [0.5, 0.6) is 0 Å². The second-order valence-corrected chi connectivity index (χ2v) is 8.50. The standard InChI is InChI=1S/C23H27ClN4O2/c1-27-13-10-16-4-7-20(15-17(16)11-14-27)25-22(29)21-3-2-12-28(21)23(30)26-19-8-5-18(24)6-9-19/h4-9,15,21H,2-3,10-14H2,1H3,(H,25,29)(H,26,30)/t21-/m1/s1. The summed E-state index contributed by atoms with van der Waals surface area (Å²) in [7, 11) is 2.14. The lowest BCUT2D eigenvalue weighted by molar-refractivity contribution is -0.119. The van der Waals surface area contributed by atoms with Gasteiger partial charge in [-0.1, -0.05) is 17.7 Å². The molecule has 158 valence electrons. The number of carbonyl (C=O) groups excluding carboxylic acids is 2. The molecule has 3 amide bonds. The normalized spacial score (nSPS) is 19.1. The first-order chi connectivity index (χ1) is 14.5. The van der Waals surface area contributed by atoms with E-state index in [2.05, 4.69) is 34.7 Å². The van der Waals surface area contributed by atoms with E-state index >= 15 is 0 Å². The molecule has 2 aliphatic rings. The number of benzene rings is 2. The summed E-state index contributed by atoms with van der Waals surface area (Å²) in [5, 5.41) is 6.50. The molecule has 0 aliphatic carbocycles. The van der Waals surface area contributed by atoms with Crippen LogP contribution in [0.2, 0.25) is 5.02 Å². The van der Waals surface area contributed by atoms with Gasteiger partial charge in [0.25, 0.3) is 0 Å². The Labute approximate surface area is 182 Å². The van der Waals surface area contributed by atoms with E-state index in [1.54, 1.807) is 29.2 Å². The van der Waals surface area contributed by atoms with E-state index in [1.165, 1.54) is 11.1 Å². The second kappa shape index (κ2) is 9.06. The van der Waals surface area contributed by atoms with Gasteiger partial charge in [0.05, 0.1) is 0 Å². The zero-order valence-electron chi connectivity index (χ0n) is 17.2. The quantitative estimate of drug-likeness (QED) is 0.779. The van der Waals surface area contributed by atoms with Crippen molar-refractivity contribution in [3.63, 3.8) is 0 Å². The molecule has 2 N–H and O–H groups in total. The lowest BCUT2D eigenvalue weighted by Crippen LogP contribution is -2.45. The summed E-state index contributed by atoms with van der Waals surface area (Å²) in [5.41, 5.74) is 4.10. The van der Waals surface area contributed by atoms with Crippen LogP contribution < -0.4 is 10.6 Å². The molecular weight excluding hydrogens is 400 g/mol. The molecule has 4 rings (SSSR count). The first kappa shape index (κ1) is 20.7. The van der Waals surface area contributed by atoms with Gasteiger partial charge in [0.1, 0.15) is 6.04 Å². The van der Waals surface area contributed by atoms with E-state index in [-0.39, 0.29) is 11.9 Å². The van der Waals surface area contributed by atoms with Crippen molar-refractivity contribution < 1.29 is 9.59 Å². The average Bonchev–Trinajstić information content (AvgIpc) is 3.16. The van der Waals surface area contributed by atoms with Crippen molar-refractivity contribution in [2.24, 2.45) is 0 Å². The molecule has 0 spiro atoms. The number of hydrogen-bond acceptors (Lipinski definition) is 3. The van der Waals surface area contributed by atoms with Crippen LogP contribution in [0.25, 0.3) is 0 Å². The maximum atomic E-state index is 13.0.